The van der Waals surface area contributed by atoms with Crippen LogP contribution in [0.1, 0.15) is 17.3 Å². The van der Waals surface area contributed by atoms with Crippen LogP contribution in [0.2, 0.25) is 0 Å². The van der Waals surface area contributed by atoms with E-state index in [-0.39, 0.29) is 10.0 Å². The van der Waals surface area contributed by atoms with Gasteiger partial charge in [0.05, 0.1) is 10.0 Å². The monoisotopic (exact) mass is 303 g/mol. The van der Waals surface area contributed by atoms with Crippen LogP contribution in [-0.4, -0.2) is 24.8 Å². The van der Waals surface area contributed by atoms with Crippen LogP contribution >= 0.6 is 15.9 Å². The van der Waals surface area contributed by atoms with Crippen LogP contribution in [0.4, 0.5) is 8.78 Å². The Hall–Kier alpha value is -1.23. The maximum absolute atomic E-state index is 13.5. The molecule has 0 aliphatic carbocycles. The van der Waals surface area contributed by atoms with Crippen molar-refractivity contribution in [2.45, 2.75) is 6.92 Å². The zero-order chi connectivity index (χ0) is 13.2. The van der Waals surface area contributed by atoms with Crippen LogP contribution in [0.5, 0.6) is 0 Å². The standard InChI is InChI=1S/C12H12BrF2NO/c1-7(16(2)3)4-12(17)8-5-11(15)9(13)6-10(8)14/h4-6H,1-3H3/b7-4-. The number of allylic oxidation sites excluding steroid dienone is 2. The first kappa shape index (κ1) is 13.8. The molecule has 1 aromatic rings. The zero-order valence-corrected chi connectivity index (χ0v) is 11.3. The van der Waals surface area contributed by atoms with Gasteiger partial charge in [0.2, 0.25) is 0 Å². The Balaban J connectivity index is 3.14. The summed E-state index contributed by atoms with van der Waals surface area (Å²) in [7, 11) is 3.52. The summed E-state index contributed by atoms with van der Waals surface area (Å²) in [6, 6.07) is 1.84. The lowest BCUT2D eigenvalue weighted by atomic mass is 10.1. The Kier molecular flexibility index (Phi) is 4.40. The first-order chi connectivity index (χ1) is 7.82. The lowest BCUT2D eigenvalue weighted by Crippen LogP contribution is -2.11. The fourth-order valence-electron chi connectivity index (χ4n) is 1.11. The molecule has 0 bridgehead atoms. The number of carbonyl (C=O) groups is 1. The Labute approximate surface area is 107 Å². The lowest BCUT2D eigenvalue weighted by molar-refractivity contribution is 0.104. The predicted octanol–water partition coefficient (Wildman–Crippen LogP) is 3.38. The van der Waals surface area contributed by atoms with Gasteiger partial charge in [0.25, 0.3) is 0 Å². The van der Waals surface area contributed by atoms with Crippen LogP contribution in [0.25, 0.3) is 0 Å². The highest BCUT2D eigenvalue weighted by Crippen LogP contribution is 2.20. The highest BCUT2D eigenvalue weighted by molar-refractivity contribution is 9.10. The van der Waals surface area contributed by atoms with Crippen molar-refractivity contribution in [2.24, 2.45) is 0 Å². The predicted molar refractivity (Wildman–Crippen MR) is 65.8 cm³/mol. The summed E-state index contributed by atoms with van der Waals surface area (Å²) in [5.41, 5.74) is 0.393. The second-order valence-corrected chi connectivity index (χ2v) is 4.64. The smallest absolute Gasteiger partial charge is 0.190 e. The SMILES string of the molecule is C/C(=C/C(=O)c1cc(F)c(Br)cc1F)N(C)C. The fourth-order valence-corrected chi connectivity index (χ4v) is 1.42. The van der Waals surface area contributed by atoms with Gasteiger partial charge in [-0.05, 0) is 35.0 Å². The summed E-state index contributed by atoms with van der Waals surface area (Å²) in [5, 5.41) is 0. The van der Waals surface area contributed by atoms with Crippen LogP contribution in [0.3, 0.4) is 0 Å². The van der Waals surface area contributed by atoms with E-state index in [2.05, 4.69) is 15.9 Å². The van der Waals surface area contributed by atoms with Crippen LogP contribution in [-0.2, 0) is 0 Å². The van der Waals surface area contributed by atoms with Crippen molar-refractivity contribution in [3.8, 4) is 0 Å². The third-order valence-electron chi connectivity index (χ3n) is 2.32. The summed E-state index contributed by atoms with van der Waals surface area (Å²) in [5.74, 6) is -1.96. The Morgan fingerprint density at radius 1 is 1.29 bits per heavy atom. The van der Waals surface area contributed by atoms with Crippen molar-refractivity contribution < 1.29 is 13.6 Å². The molecule has 0 amide bonds. The number of hydrogen-bond donors (Lipinski definition) is 0. The molecule has 1 rings (SSSR count). The van der Waals surface area contributed by atoms with E-state index in [1.54, 1.807) is 25.9 Å². The molecule has 17 heavy (non-hydrogen) atoms. The maximum Gasteiger partial charge on any atom is 0.190 e. The second-order valence-electron chi connectivity index (χ2n) is 3.79. The van der Waals surface area contributed by atoms with Gasteiger partial charge in [0.1, 0.15) is 11.6 Å². The van der Waals surface area contributed by atoms with Gasteiger partial charge >= 0.3 is 0 Å². The summed E-state index contributed by atoms with van der Waals surface area (Å²) in [4.78, 5) is 13.4. The topological polar surface area (TPSA) is 20.3 Å². The number of hydrogen-bond acceptors (Lipinski definition) is 2. The highest BCUT2D eigenvalue weighted by Gasteiger charge is 2.14. The van der Waals surface area contributed by atoms with Crippen molar-refractivity contribution in [3.05, 3.63) is 45.6 Å². The lowest BCUT2D eigenvalue weighted by Gasteiger charge is -2.12. The average Bonchev–Trinajstić information content (AvgIpc) is 2.22. The largest absolute Gasteiger partial charge is 0.381 e. The molecular weight excluding hydrogens is 292 g/mol. The normalized spacial score (nSPS) is 11.5. The molecule has 2 nitrogen and oxygen atoms in total. The molecule has 0 radical (unpaired) electrons. The molecule has 92 valence electrons. The van der Waals surface area contributed by atoms with Crippen molar-refractivity contribution in [3.63, 3.8) is 0 Å². The van der Waals surface area contributed by atoms with Crippen LogP contribution in [0.15, 0.2) is 28.4 Å². The summed E-state index contributed by atoms with van der Waals surface area (Å²) < 4.78 is 26.7. The van der Waals surface area contributed by atoms with E-state index in [0.29, 0.717) is 5.70 Å². The Bertz CT molecular complexity index is 484. The third kappa shape index (κ3) is 3.36. The van der Waals surface area contributed by atoms with E-state index in [1.807, 2.05) is 0 Å². The van der Waals surface area contributed by atoms with Crippen molar-refractivity contribution >= 4 is 21.7 Å². The molecule has 0 N–H and O–H groups in total. The van der Waals surface area contributed by atoms with E-state index >= 15 is 0 Å². The van der Waals surface area contributed by atoms with E-state index in [9.17, 15) is 13.6 Å². The number of ketones is 1. The maximum atomic E-state index is 13.5. The quantitative estimate of drug-likeness (QED) is 0.485. The number of halogens is 3. The van der Waals surface area contributed by atoms with Crippen molar-refractivity contribution in [2.75, 3.05) is 14.1 Å². The van der Waals surface area contributed by atoms with Crippen LogP contribution in [0, 0.1) is 11.6 Å². The Morgan fingerprint density at radius 2 is 1.88 bits per heavy atom. The summed E-state index contributed by atoms with van der Waals surface area (Å²) in [6.45, 7) is 1.71. The molecule has 0 saturated heterocycles. The minimum Gasteiger partial charge on any atom is -0.381 e. The fraction of sp³-hybridized carbons (Fsp3) is 0.250. The first-order valence-corrected chi connectivity index (χ1v) is 5.66. The third-order valence-corrected chi connectivity index (χ3v) is 2.93. The minimum absolute atomic E-state index is 0.000129. The van der Waals surface area contributed by atoms with Gasteiger partial charge in [-0.3, -0.25) is 4.79 Å². The summed E-state index contributed by atoms with van der Waals surface area (Å²) >= 11 is 2.85. The molecule has 0 aliphatic rings. The number of nitrogens with zero attached hydrogens (tertiary/aromatic N) is 1. The Morgan fingerprint density at radius 3 is 2.41 bits per heavy atom. The molecule has 0 spiro atoms. The molecule has 0 aromatic heterocycles. The van der Waals surface area contributed by atoms with E-state index in [0.717, 1.165) is 12.1 Å². The molecular formula is C12H12BrF2NO. The van der Waals surface area contributed by atoms with E-state index in [4.69, 9.17) is 0 Å². The van der Waals surface area contributed by atoms with E-state index < -0.39 is 17.4 Å². The molecule has 5 heteroatoms. The number of rotatable bonds is 3. The molecule has 1 aromatic carbocycles. The zero-order valence-electron chi connectivity index (χ0n) is 9.72. The van der Waals surface area contributed by atoms with Crippen molar-refractivity contribution in [1.29, 1.82) is 0 Å². The number of benzene rings is 1. The molecule has 0 heterocycles. The minimum atomic E-state index is -0.744. The van der Waals surface area contributed by atoms with Gasteiger partial charge in [-0.25, -0.2) is 8.78 Å². The van der Waals surface area contributed by atoms with Crippen LogP contribution < -0.4 is 0 Å². The number of carbonyl (C=O) groups excluding carboxylic acids is 1. The highest BCUT2D eigenvalue weighted by atomic mass is 79.9. The molecule has 0 atom stereocenters. The van der Waals surface area contributed by atoms with Gasteiger partial charge < -0.3 is 4.90 Å². The molecule has 0 fully saturated rings. The molecule has 0 saturated carbocycles. The summed E-state index contributed by atoms with van der Waals surface area (Å²) in [6.07, 6.45) is 1.27. The van der Waals surface area contributed by atoms with Gasteiger partial charge in [-0.15, -0.1) is 0 Å². The van der Waals surface area contributed by atoms with Gasteiger partial charge in [0, 0.05) is 25.9 Å². The van der Waals surface area contributed by atoms with Gasteiger partial charge in [0.15, 0.2) is 5.78 Å². The average molecular weight is 304 g/mol. The molecule has 0 unspecified atom stereocenters. The van der Waals surface area contributed by atoms with E-state index in [1.165, 1.54) is 6.08 Å². The van der Waals surface area contributed by atoms with Crippen molar-refractivity contribution in [1.82, 2.24) is 4.90 Å². The van der Waals surface area contributed by atoms with Gasteiger partial charge in [-0.1, -0.05) is 0 Å². The van der Waals surface area contributed by atoms with Gasteiger partial charge in [-0.2, -0.15) is 0 Å². The first-order valence-electron chi connectivity index (χ1n) is 4.87. The molecule has 0 aliphatic heterocycles. The second kappa shape index (κ2) is 5.40.